The van der Waals surface area contributed by atoms with Gasteiger partial charge in [0.15, 0.2) is 5.82 Å². The number of ether oxygens (including phenoxy) is 1. The number of nitrogens with one attached hydrogen (secondary N) is 1. The van der Waals surface area contributed by atoms with E-state index in [2.05, 4.69) is 20.6 Å². The molecule has 1 N–H and O–H groups in total. The molecule has 0 atom stereocenters. The molecule has 0 aliphatic carbocycles. The van der Waals surface area contributed by atoms with Crippen LogP contribution in [0.25, 0.3) is 15.5 Å². The third kappa shape index (κ3) is 4.08. The molecule has 0 saturated heterocycles. The summed E-state index contributed by atoms with van der Waals surface area (Å²) in [5.74, 6) is 1.14. The molecule has 3 aromatic carbocycles. The van der Waals surface area contributed by atoms with Gasteiger partial charge in [-0.15, -0.1) is 10.2 Å². The number of amides is 1. The maximum absolute atomic E-state index is 13.0. The second-order valence-corrected chi connectivity index (χ2v) is 8.11. The molecule has 0 saturated carbocycles. The fourth-order valence-corrected chi connectivity index (χ4v) is 4.19. The van der Waals surface area contributed by atoms with Crippen LogP contribution in [-0.4, -0.2) is 25.7 Å². The van der Waals surface area contributed by atoms with Gasteiger partial charge < -0.3 is 10.1 Å². The van der Waals surface area contributed by atoms with E-state index in [0.29, 0.717) is 28.6 Å². The maximum atomic E-state index is 13.0. The first-order chi connectivity index (χ1) is 15.7. The molecular weight excluding hydrogens is 422 g/mol. The van der Waals surface area contributed by atoms with E-state index in [4.69, 9.17) is 4.74 Å². The highest BCUT2D eigenvalue weighted by atomic mass is 32.1. The van der Waals surface area contributed by atoms with Gasteiger partial charge in [-0.25, -0.2) is 0 Å². The highest BCUT2D eigenvalue weighted by molar-refractivity contribution is 7.19. The van der Waals surface area contributed by atoms with Gasteiger partial charge in [0, 0.05) is 11.1 Å². The van der Waals surface area contributed by atoms with E-state index in [1.165, 1.54) is 11.3 Å². The first-order valence-corrected chi connectivity index (χ1v) is 10.9. The van der Waals surface area contributed by atoms with Crippen LogP contribution in [-0.2, 0) is 6.61 Å². The molecule has 7 nitrogen and oxygen atoms in total. The Morgan fingerprint density at radius 1 is 1.00 bits per heavy atom. The van der Waals surface area contributed by atoms with E-state index in [0.717, 1.165) is 22.0 Å². The van der Waals surface area contributed by atoms with E-state index in [1.54, 1.807) is 16.6 Å². The van der Waals surface area contributed by atoms with Crippen molar-refractivity contribution in [3.05, 3.63) is 95.8 Å². The summed E-state index contributed by atoms with van der Waals surface area (Å²) >= 11 is 1.42. The van der Waals surface area contributed by atoms with E-state index in [1.807, 2.05) is 73.7 Å². The van der Waals surface area contributed by atoms with Crippen LogP contribution in [0.3, 0.4) is 0 Å². The molecule has 2 aromatic heterocycles. The maximum Gasteiger partial charge on any atom is 0.255 e. The Morgan fingerprint density at radius 2 is 1.81 bits per heavy atom. The van der Waals surface area contributed by atoms with Gasteiger partial charge in [0.2, 0.25) is 4.96 Å². The molecule has 5 rings (SSSR count). The monoisotopic (exact) mass is 441 g/mol. The van der Waals surface area contributed by atoms with Gasteiger partial charge in [-0.3, -0.25) is 4.79 Å². The normalized spacial score (nSPS) is 10.9. The third-order valence-electron chi connectivity index (χ3n) is 4.90. The highest BCUT2D eigenvalue weighted by Gasteiger charge is 2.16. The standard InChI is InChI=1S/C24H19N5O2S/c1-16-26-27-24-29(16)28-23(32-24)20-12-5-6-13-21(20)25-22(30)18-10-7-11-19(14-18)31-15-17-8-3-2-4-9-17/h2-14H,15H2,1H3,(H,25,30). The molecule has 0 bridgehead atoms. The van der Waals surface area contributed by atoms with Crippen LogP contribution in [0.1, 0.15) is 21.7 Å². The van der Waals surface area contributed by atoms with Crippen molar-refractivity contribution in [2.45, 2.75) is 13.5 Å². The summed E-state index contributed by atoms with van der Waals surface area (Å²) in [6.45, 7) is 2.29. The Labute approximate surface area is 188 Å². The van der Waals surface area contributed by atoms with Crippen LogP contribution in [0, 0.1) is 6.92 Å². The second-order valence-electron chi connectivity index (χ2n) is 7.15. The summed E-state index contributed by atoms with van der Waals surface area (Å²) in [7, 11) is 0. The number of para-hydroxylation sites is 1. The van der Waals surface area contributed by atoms with Gasteiger partial charge in [-0.05, 0) is 42.8 Å². The van der Waals surface area contributed by atoms with Gasteiger partial charge in [0.1, 0.15) is 17.4 Å². The second kappa shape index (κ2) is 8.60. The van der Waals surface area contributed by atoms with Crippen molar-refractivity contribution in [2.24, 2.45) is 0 Å². The Hall–Kier alpha value is -4.04. The largest absolute Gasteiger partial charge is 0.489 e. The van der Waals surface area contributed by atoms with E-state index in [9.17, 15) is 4.79 Å². The summed E-state index contributed by atoms with van der Waals surface area (Å²) in [6.07, 6.45) is 0. The zero-order valence-corrected chi connectivity index (χ0v) is 18.0. The zero-order valence-electron chi connectivity index (χ0n) is 17.2. The van der Waals surface area contributed by atoms with Crippen LogP contribution in [0.5, 0.6) is 5.75 Å². The number of nitrogens with zero attached hydrogens (tertiary/aromatic N) is 4. The van der Waals surface area contributed by atoms with Gasteiger partial charge >= 0.3 is 0 Å². The summed E-state index contributed by atoms with van der Waals surface area (Å²) in [6, 6.07) is 24.7. The quantitative estimate of drug-likeness (QED) is 0.401. The molecule has 2 heterocycles. The number of aromatic nitrogens is 4. The molecule has 0 fully saturated rings. The summed E-state index contributed by atoms with van der Waals surface area (Å²) in [5.41, 5.74) is 3.08. The molecule has 0 aliphatic rings. The minimum Gasteiger partial charge on any atom is -0.489 e. The lowest BCUT2D eigenvalue weighted by molar-refractivity contribution is 0.102. The molecule has 0 aliphatic heterocycles. The van der Waals surface area contributed by atoms with Crippen molar-refractivity contribution >= 4 is 27.9 Å². The fourth-order valence-electron chi connectivity index (χ4n) is 3.26. The van der Waals surface area contributed by atoms with Gasteiger partial charge in [0.25, 0.3) is 5.91 Å². The number of carbonyl (C=O) groups excluding carboxylic acids is 1. The fraction of sp³-hybridized carbons (Fsp3) is 0.0833. The molecule has 158 valence electrons. The summed E-state index contributed by atoms with van der Waals surface area (Å²) < 4.78 is 7.56. The van der Waals surface area contributed by atoms with Gasteiger partial charge in [-0.1, -0.05) is 59.9 Å². The SMILES string of the molecule is Cc1nnc2sc(-c3ccccc3NC(=O)c3cccc(OCc4ccccc4)c3)nn12. The van der Waals surface area contributed by atoms with Crippen molar-refractivity contribution < 1.29 is 9.53 Å². The Balaban J connectivity index is 1.35. The Morgan fingerprint density at radius 3 is 2.66 bits per heavy atom. The summed E-state index contributed by atoms with van der Waals surface area (Å²) in [4.78, 5) is 13.7. The smallest absolute Gasteiger partial charge is 0.255 e. The molecule has 5 aromatic rings. The van der Waals surface area contributed by atoms with Gasteiger partial charge in [-0.2, -0.15) is 9.61 Å². The summed E-state index contributed by atoms with van der Waals surface area (Å²) in [5, 5.41) is 16.5. The first kappa shape index (κ1) is 19.9. The number of aryl methyl sites for hydroxylation is 1. The number of carbonyl (C=O) groups is 1. The minimum atomic E-state index is -0.221. The number of hydrogen-bond acceptors (Lipinski definition) is 6. The Bertz CT molecular complexity index is 1390. The lowest BCUT2D eigenvalue weighted by atomic mass is 10.1. The number of fused-ring (bicyclic) bond motifs is 1. The molecule has 0 spiro atoms. The molecular formula is C24H19N5O2S. The first-order valence-electron chi connectivity index (χ1n) is 10.0. The van der Waals surface area contributed by atoms with Crippen LogP contribution in [0.15, 0.2) is 78.9 Å². The van der Waals surface area contributed by atoms with Crippen LogP contribution in [0.2, 0.25) is 0 Å². The van der Waals surface area contributed by atoms with Crippen molar-refractivity contribution in [3.63, 3.8) is 0 Å². The lowest BCUT2D eigenvalue weighted by Gasteiger charge is -2.11. The third-order valence-corrected chi connectivity index (χ3v) is 5.83. The van der Waals surface area contributed by atoms with Crippen molar-refractivity contribution in [1.82, 2.24) is 19.8 Å². The van der Waals surface area contributed by atoms with Crippen molar-refractivity contribution in [3.8, 4) is 16.3 Å². The molecule has 0 unspecified atom stereocenters. The van der Waals surface area contributed by atoms with Crippen LogP contribution in [0.4, 0.5) is 5.69 Å². The van der Waals surface area contributed by atoms with Crippen molar-refractivity contribution in [2.75, 3.05) is 5.32 Å². The molecule has 1 amide bonds. The Kier molecular flexibility index (Phi) is 5.35. The zero-order chi connectivity index (χ0) is 21.9. The minimum absolute atomic E-state index is 0.221. The van der Waals surface area contributed by atoms with Crippen LogP contribution < -0.4 is 10.1 Å². The molecule has 32 heavy (non-hydrogen) atoms. The number of anilines is 1. The average Bonchev–Trinajstić information content (AvgIpc) is 3.41. The van der Waals surface area contributed by atoms with Crippen LogP contribution >= 0.6 is 11.3 Å². The predicted octanol–water partition coefficient (Wildman–Crippen LogP) is 4.99. The number of rotatable bonds is 6. The van der Waals surface area contributed by atoms with Crippen molar-refractivity contribution in [1.29, 1.82) is 0 Å². The number of benzene rings is 3. The average molecular weight is 442 g/mol. The van der Waals surface area contributed by atoms with Gasteiger partial charge in [0.05, 0.1) is 5.69 Å². The topological polar surface area (TPSA) is 81.4 Å². The molecule has 8 heteroatoms. The molecule has 0 radical (unpaired) electrons. The predicted molar refractivity (Wildman–Crippen MR) is 124 cm³/mol. The van der Waals surface area contributed by atoms with E-state index >= 15 is 0 Å². The van der Waals surface area contributed by atoms with E-state index < -0.39 is 0 Å². The highest BCUT2D eigenvalue weighted by Crippen LogP contribution is 2.31. The number of hydrogen-bond donors (Lipinski definition) is 1. The van der Waals surface area contributed by atoms with E-state index in [-0.39, 0.29) is 5.91 Å². The lowest BCUT2D eigenvalue weighted by Crippen LogP contribution is -2.12.